The highest BCUT2D eigenvalue weighted by molar-refractivity contribution is 6.05. The molecule has 152 valence electrons. The van der Waals surface area contributed by atoms with Crippen LogP contribution < -0.4 is 10.6 Å². The molecular formula is C21H18F2N6O. The Kier molecular flexibility index (Phi) is 4.50. The van der Waals surface area contributed by atoms with Gasteiger partial charge >= 0.3 is 0 Å². The zero-order valence-corrected chi connectivity index (χ0v) is 15.8. The van der Waals surface area contributed by atoms with Gasteiger partial charge in [-0.3, -0.25) is 14.8 Å². The predicted molar refractivity (Wildman–Crippen MR) is 106 cm³/mol. The molecule has 3 aliphatic heterocycles. The third-order valence-electron chi connectivity index (χ3n) is 5.50. The smallest absolute Gasteiger partial charge is 0.280 e. The Morgan fingerprint density at radius 3 is 2.93 bits per heavy atom. The third-order valence-corrected chi connectivity index (χ3v) is 5.50. The number of hydrogen-bond donors (Lipinski definition) is 2. The van der Waals surface area contributed by atoms with E-state index < -0.39 is 6.43 Å². The minimum Gasteiger partial charge on any atom is -0.371 e. The Hall–Kier alpha value is -3.62. The van der Waals surface area contributed by atoms with Gasteiger partial charge in [0, 0.05) is 60.1 Å². The first-order valence-electron chi connectivity index (χ1n) is 9.60. The number of nitrogens with zero attached hydrogens (tertiary/aromatic N) is 4. The summed E-state index contributed by atoms with van der Waals surface area (Å²) < 4.78 is 26.3. The van der Waals surface area contributed by atoms with Crippen molar-refractivity contribution >= 4 is 17.4 Å². The molecule has 3 aliphatic rings. The molecular weight excluding hydrogens is 390 g/mol. The Morgan fingerprint density at radius 1 is 1.23 bits per heavy atom. The number of anilines is 1. The van der Waals surface area contributed by atoms with Crippen molar-refractivity contribution in [1.82, 2.24) is 25.2 Å². The zero-order chi connectivity index (χ0) is 20.7. The van der Waals surface area contributed by atoms with Crippen LogP contribution in [0.15, 0.2) is 66.0 Å². The highest BCUT2D eigenvalue weighted by Gasteiger charge is 2.41. The molecule has 2 saturated heterocycles. The third kappa shape index (κ3) is 3.22. The lowest BCUT2D eigenvalue weighted by Crippen LogP contribution is -2.29. The van der Waals surface area contributed by atoms with E-state index in [1.165, 1.54) is 30.9 Å². The standard InChI is InChI=1S/C21H18F2N6O/c22-20(23)15-9-12(3-5-25-15)14-1-2-16-18(13-4-8-29(16)11-13)19(27-14)21(30)28-17-10-24-6-7-26-17/h1-3,5-7,9-10,13,20,27H,4,8,11H2,(H,26,28,30)/t13-/m1/s1. The van der Waals surface area contributed by atoms with Gasteiger partial charge < -0.3 is 15.5 Å². The van der Waals surface area contributed by atoms with Crippen molar-refractivity contribution < 1.29 is 13.6 Å². The van der Waals surface area contributed by atoms with E-state index in [0.717, 1.165) is 30.8 Å². The minimum atomic E-state index is -2.67. The molecule has 0 radical (unpaired) electrons. The van der Waals surface area contributed by atoms with Crippen LogP contribution in [-0.2, 0) is 4.79 Å². The molecule has 0 aliphatic carbocycles. The summed E-state index contributed by atoms with van der Waals surface area (Å²) in [6.45, 7) is 1.81. The molecule has 0 aromatic carbocycles. The molecule has 5 heterocycles. The number of pyridine rings is 1. The van der Waals surface area contributed by atoms with E-state index in [0.29, 0.717) is 22.8 Å². The molecule has 9 heteroatoms. The van der Waals surface area contributed by atoms with Gasteiger partial charge in [-0.2, -0.15) is 0 Å². The maximum absolute atomic E-state index is 13.2. The second kappa shape index (κ2) is 7.33. The number of aromatic nitrogens is 3. The minimum absolute atomic E-state index is 0.244. The summed E-state index contributed by atoms with van der Waals surface area (Å²) in [5.74, 6) is 0.235. The summed E-state index contributed by atoms with van der Waals surface area (Å²) in [4.78, 5) is 27.2. The molecule has 1 atom stereocenters. The molecule has 2 aromatic rings. The van der Waals surface area contributed by atoms with Crippen LogP contribution in [0.2, 0.25) is 0 Å². The monoisotopic (exact) mass is 408 g/mol. The Morgan fingerprint density at radius 2 is 2.13 bits per heavy atom. The molecule has 1 amide bonds. The lowest BCUT2D eigenvalue weighted by Gasteiger charge is -2.22. The van der Waals surface area contributed by atoms with E-state index in [1.54, 1.807) is 6.07 Å². The second-order valence-electron chi connectivity index (χ2n) is 7.29. The van der Waals surface area contributed by atoms with Crippen molar-refractivity contribution in [3.63, 3.8) is 0 Å². The van der Waals surface area contributed by atoms with Crippen molar-refractivity contribution in [3.8, 4) is 0 Å². The normalized spacial score (nSPS) is 19.8. The van der Waals surface area contributed by atoms with Crippen molar-refractivity contribution in [2.45, 2.75) is 12.8 Å². The second-order valence-corrected chi connectivity index (χ2v) is 7.29. The number of carbonyl (C=O) groups excluding carboxylic acids is 1. The van der Waals surface area contributed by atoms with Crippen LogP contribution in [0, 0.1) is 5.92 Å². The average molecular weight is 408 g/mol. The predicted octanol–water partition coefficient (Wildman–Crippen LogP) is 2.87. The molecule has 7 nitrogen and oxygen atoms in total. The number of piperidine rings is 1. The fourth-order valence-corrected chi connectivity index (χ4v) is 4.15. The zero-order valence-electron chi connectivity index (χ0n) is 15.8. The fourth-order valence-electron chi connectivity index (χ4n) is 4.15. The SMILES string of the molecule is O=C(Nc1cnccn1)C1=C2C(=CC=C(c3ccnc(C(F)F)c3)N1)N1CC[C@@H]2C1. The first-order valence-corrected chi connectivity index (χ1v) is 9.60. The van der Waals surface area contributed by atoms with Crippen molar-refractivity contribution in [2.24, 2.45) is 5.92 Å². The average Bonchev–Trinajstić information content (AvgIpc) is 3.30. The van der Waals surface area contributed by atoms with E-state index in [4.69, 9.17) is 0 Å². The van der Waals surface area contributed by atoms with Crippen LogP contribution >= 0.6 is 0 Å². The van der Waals surface area contributed by atoms with Crippen LogP contribution in [0.4, 0.5) is 14.6 Å². The fraction of sp³-hybridized carbons (Fsp3) is 0.238. The molecule has 2 fully saturated rings. The van der Waals surface area contributed by atoms with Gasteiger partial charge in [0.1, 0.15) is 11.4 Å². The van der Waals surface area contributed by atoms with E-state index in [-0.39, 0.29) is 17.5 Å². The molecule has 0 spiro atoms. The van der Waals surface area contributed by atoms with Crippen LogP contribution in [0.1, 0.15) is 24.1 Å². The van der Waals surface area contributed by atoms with Crippen molar-refractivity contribution in [2.75, 3.05) is 18.4 Å². The maximum atomic E-state index is 13.2. The van der Waals surface area contributed by atoms with E-state index in [9.17, 15) is 13.6 Å². The Bertz CT molecular complexity index is 1100. The summed E-state index contributed by atoms with van der Waals surface area (Å²) in [5, 5.41) is 5.98. The van der Waals surface area contributed by atoms with Gasteiger partial charge in [-0.25, -0.2) is 13.8 Å². The van der Waals surface area contributed by atoms with E-state index >= 15 is 0 Å². The maximum Gasteiger partial charge on any atom is 0.280 e. The molecule has 0 saturated carbocycles. The van der Waals surface area contributed by atoms with Crippen molar-refractivity contribution in [3.05, 3.63) is 77.3 Å². The van der Waals surface area contributed by atoms with Gasteiger partial charge in [-0.1, -0.05) is 0 Å². The van der Waals surface area contributed by atoms with Crippen LogP contribution in [0.3, 0.4) is 0 Å². The summed E-state index contributed by atoms with van der Waals surface area (Å²) in [7, 11) is 0. The van der Waals surface area contributed by atoms with Gasteiger partial charge in [-0.05, 0) is 30.7 Å². The van der Waals surface area contributed by atoms with Gasteiger partial charge in [0.15, 0.2) is 5.82 Å². The molecule has 30 heavy (non-hydrogen) atoms. The first-order chi connectivity index (χ1) is 14.6. The van der Waals surface area contributed by atoms with E-state index in [1.807, 2.05) is 12.2 Å². The number of fused-ring (bicyclic) bond motifs is 5. The van der Waals surface area contributed by atoms with Gasteiger partial charge in [-0.15, -0.1) is 0 Å². The number of carbonyl (C=O) groups is 1. The van der Waals surface area contributed by atoms with Crippen LogP contribution in [0.25, 0.3) is 5.70 Å². The van der Waals surface area contributed by atoms with E-state index in [2.05, 4.69) is 30.5 Å². The number of amides is 1. The summed E-state index contributed by atoms with van der Waals surface area (Å²) in [6.07, 6.45) is 7.90. The molecule has 2 aromatic heterocycles. The Labute approximate surface area is 171 Å². The van der Waals surface area contributed by atoms with Crippen molar-refractivity contribution in [1.29, 1.82) is 0 Å². The number of alkyl halides is 2. The quantitative estimate of drug-likeness (QED) is 0.810. The topological polar surface area (TPSA) is 83.0 Å². The number of hydrogen-bond acceptors (Lipinski definition) is 6. The summed E-state index contributed by atoms with van der Waals surface area (Å²) >= 11 is 0. The lowest BCUT2D eigenvalue weighted by atomic mass is 9.94. The molecule has 0 unspecified atom stereocenters. The van der Waals surface area contributed by atoms with Gasteiger partial charge in [0.25, 0.3) is 12.3 Å². The highest BCUT2D eigenvalue weighted by atomic mass is 19.3. The molecule has 2 bridgehead atoms. The number of halogens is 2. The number of allylic oxidation sites excluding steroid dienone is 3. The largest absolute Gasteiger partial charge is 0.371 e. The van der Waals surface area contributed by atoms with Crippen LogP contribution in [0.5, 0.6) is 0 Å². The van der Waals surface area contributed by atoms with Crippen LogP contribution in [-0.4, -0.2) is 38.8 Å². The summed E-state index contributed by atoms with van der Waals surface area (Å²) in [5.41, 5.74) is 3.11. The first kappa shape index (κ1) is 18.4. The molecule has 2 N–H and O–H groups in total. The highest BCUT2D eigenvalue weighted by Crippen LogP contribution is 2.43. The Balaban J connectivity index is 1.54. The molecule has 5 rings (SSSR count). The lowest BCUT2D eigenvalue weighted by molar-refractivity contribution is -0.113. The summed E-state index contributed by atoms with van der Waals surface area (Å²) in [6, 6.07) is 2.98. The number of nitrogens with one attached hydrogen (secondary N) is 2. The van der Waals surface area contributed by atoms with Gasteiger partial charge in [0.2, 0.25) is 0 Å². The number of rotatable bonds is 4. The van der Waals surface area contributed by atoms with Gasteiger partial charge in [0.05, 0.1) is 6.20 Å².